The summed E-state index contributed by atoms with van der Waals surface area (Å²) in [4.78, 5) is 0. The van der Waals surface area contributed by atoms with E-state index in [1.807, 2.05) is 36.4 Å². The third-order valence-electron chi connectivity index (χ3n) is 6.90. The van der Waals surface area contributed by atoms with E-state index in [0.717, 1.165) is 21.2 Å². The molecule has 2 saturated heterocycles. The fraction of sp³-hybridized carbons (Fsp3) is 0.417. The highest BCUT2D eigenvalue weighted by Crippen LogP contribution is 2.43. The monoisotopic (exact) mass is 364 g/mol. The molecule has 3 heteroatoms. The second-order valence-corrected chi connectivity index (χ2v) is 8.71. The van der Waals surface area contributed by atoms with E-state index in [-0.39, 0.29) is 11.5 Å². The van der Waals surface area contributed by atoms with E-state index in [1.54, 1.807) is 12.1 Å². The van der Waals surface area contributed by atoms with E-state index >= 15 is 0 Å². The molecule has 0 saturated carbocycles. The first-order valence-corrected chi connectivity index (χ1v) is 10.1. The molecule has 2 bridgehead atoms. The Balaban J connectivity index is 1.76. The van der Waals surface area contributed by atoms with Crippen molar-refractivity contribution in [2.24, 2.45) is 5.92 Å². The molecular weight excluding hydrogens is 334 g/mol. The molecule has 2 unspecified atom stereocenters. The summed E-state index contributed by atoms with van der Waals surface area (Å²) in [6.07, 6.45) is 8.61. The fourth-order valence-corrected chi connectivity index (χ4v) is 5.23. The van der Waals surface area contributed by atoms with Gasteiger partial charge in [-0.25, -0.2) is 0 Å². The van der Waals surface area contributed by atoms with Gasteiger partial charge < -0.3 is 14.7 Å². The van der Waals surface area contributed by atoms with Crippen molar-refractivity contribution in [3.05, 3.63) is 65.7 Å². The van der Waals surface area contributed by atoms with Crippen LogP contribution in [0.15, 0.2) is 54.6 Å². The quantitative estimate of drug-likeness (QED) is 0.758. The minimum absolute atomic E-state index is 0.263. The van der Waals surface area contributed by atoms with Crippen molar-refractivity contribution in [1.29, 1.82) is 0 Å². The molecule has 4 rings (SSSR count). The Kier molecular flexibility index (Phi) is 4.73. The maximum atomic E-state index is 10.5. The van der Waals surface area contributed by atoms with Gasteiger partial charge in [-0.2, -0.15) is 0 Å². The number of fused-ring (bicyclic) bond motifs is 2. The van der Waals surface area contributed by atoms with Crippen molar-refractivity contribution >= 4 is 5.57 Å². The largest absolute Gasteiger partial charge is 0.507 e. The van der Waals surface area contributed by atoms with Crippen LogP contribution in [0.25, 0.3) is 5.57 Å². The number of phenolic OH excluding ortho intramolecular Hbond substituents is 2. The molecule has 27 heavy (non-hydrogen) atoms. The number of phenols is 2. The standard InChI is InChI=1S/C24H29NO2/c1-25(2)18-8-7-9-19(25)15-17(14-18)16-22(20-10-3-5-12-23(20)26)21-11-4-6-13-24(21)27/h3-6,10-13,16-19H,7-9,14-15H2,1-2H3,(H-,26,27)/p+1. The van der Waals surface area contributed by atoms with Crippen molar-refractivity contribution in [2.45, 2.75) is 44.2 Å². The molecule has 2 fully saturated rings. The highest BCUT2D eigenvalue weighted by atomic mass is 16.3. The average molecular weight is 365 g/mol. The Morgan fingerprint density at radius 1 is 0.852 bits per heavy atom. The maximum Gasteiger partial charge on any atom is 0.123 e. The average Bonchev–Trinajstić information content (AvgIpc) is 2.61. The molecule has 142 valence electrons. The van der Waals surface area contributed by atoms with Crippen LogP contribution in [-0.4, -0.2) is 40.9 Å². The molecule has 2 aromatic carbocycles. The van der Waals surface area contributed by atoms with Crippen molar-refractivity contribution in [2.75, 3.05) is 14.1 Å². The zero-order chi connectivity index (χ0) is 19.0. The molecule has 2 heterocycles. The predicted octanol–water partition coefficient (Wildman–Crippen LogP) is 4.94. The molecule has 0 radical (unpaired) electrons. The smallest absolute Gasteiger partial charge is 0.123 e. The molecule has 2 N–H and O–H groups in total. The molecule has 0 aromatic heterocycles. The van der Waals surface area contributed by atoms with Crippen molar-refractivity contribution < 1.29 is 14.7 Å². The van der Waals surface area contributed by atoms with Crippen LogP contribution in [0.2, 0.25) is 0 Å². The van der Waals surface area contributed by atoms with Gasteiger partial charge in [0.15, 0.2) is 0 Å². The van der Waals surface area contributed by atoms with Gasteiger partial charge in [-0.15, -0.1) is 0 Å². The number of allylic oxidation sites excluding steroid dienone is 1. The molecule has 2 aliphatic heterocycles. The van der Waals surface area contributed by atoms with Gasteiger partial charge in [0.2, 0.25) is 0 Å². The third kappa shape index (κ3) is 3.37. The van der Waals surface area contributed by atoms with E-state index in [9.17, 15) is 10.2 Å². The first kappa shape index (κ1) is 18.1. The molecule has 0 amide bonds. The molecule has 2 atom stereocenters. The van der Waals surface area contributed by atoms with E-state index in [0.29, 0.717) is 18.0 Å². The Hall–Kier alpha value is -2.26. The molecular formula is C24H30NO2+. The molecule has 3 nitrogen and oxygen atoms in total. The SMILES string of the molecule is C[N+]1(C)C2CCCC1CC(C=C(c1ccccc1O)c1ccccc1O)C2. The van der Waals surface area contributed by atoms with Gasteiger partial charge in [-0.3, -0.25) is 0 Å². The number of quaternary nitrogens is 1. The van der Waals surface area contributed by atoms with Crippen LogP contribution in [0.4, 0.5) is 0 Å². The number of hydrogen-bond donors (Lipinski definition) is 2. The summed E-state index contributed by atoms with van der Waals surface area (Å²) < 4.78 is 1.15. The zero-order valence-electron chi connectivity index (χ0n) is 16.3. The Morgan fingerprint density at radius 3 is 1.81 bits per heavy atom. The lowest BCUT2D eigenvalue weighted by Crippen LogP contribution is -2.61. The van der Waals surface area contributed by atoms with Gasteiger partial charge >= 0.3 is 0 Å². The fourth-order valence-electron chi connectivity index (χ4n) is 5.23. The lowest BCUT2D eigenvalue weighted by Gasteiger charge is -2.53. The summed E-state index contributed by atoms with van der Waals surface area (Å²) in [5.74, 6) is 0.999. The number of nitrogens with zero attached hydrogens (tertiary/aromatic N) is 1. The van der Waals surface area contributed by atoms with E-state index < -0.39 is 0 Å². The number of piperidine rings is 2. The zero-order valence-corrected chi connectivity index (χ0v) is 16.3. The molecule has 2 aliphatic rings. The lowest BCUT2D eigenvalue weighted by atomic mass is 9.75. The molecule has 0 aliphatic carbocycles. The second-order valence-electron chi connectivity index (χ2n) is 8.71. The van der Waals surface area contributed by atoms with Gasteiger partial charge in [-0.05, 0) is 42.9 Å². The number of hydrogen-bond acceptors (Lipinski definition) is 2. The molecule has 0 spiro atoms. The van der Waals surface area contributed by atoms with Gasteiger partial charge in [-0.1, -0.05) is 42.5 Å². The maximum absolute atomic E-state index is 10.5. The molecule has 2 aromatic rings. The Bertz CT molecular complexity index is 791. The summed E-state index contributed by atoms with van der Waals surface area (Å²) in [5.41, 5.74) is 2.54. The Morgan fingerprint density at radius 2 is 1.33 bits per heavy atom. The van der Waals surface area contributed by atoms with Crippen LogP contribution < -0.4 is 0 Å². The van der Waals surface area contributed by atoms with Crippen LogP contribution in [0.5, 0.6) is 11.5 Å². The summed E-state index contributed by atoms with van der Waals surface area (Å²) in [6, 6.07) is 16.3. The van der Waals surface area contributed by atoms with Crippen LogP contribution in [0.1, 0.15) is 43.2 Å². The highest BCUT2D eigenvalue weighted by Gasteiger charge is 2.45. The van der Waals surface area contributed by atoms with Crippen molar-refractivity contribution in [3.63, 3.8) is 0 Å². The van der Waals surface area contributed by atoms with Crippen LogP contribution in [-0.2, 0) is 0 Å². The second kappa shape index (κ2) is 7.05. The van der Waals surface area contributed by atoms with Crippen LogP contribution in [0, 0.1) is 5.92 Å². The van der Waals surface area contributed by atoms with Crippen LogP contribution >= 0.6 is 0 Å². The summed E-state index contributed by atoms with van der Waals surface area (Å²) in [5, 5.41) is 21.0. The van der Waals surface area contributed by atoms with Gasteiger partial charge in [0.05, 0.1) is 26.2 Å². The first-order chi connectivity index (χ1) is 13.0. The van der Waals surface area contributed by atoms with Gasteiger partial charge in [0.1, 0.15) is 11.5 Å². The normalized spacial score (nSPS) is 26.4. The third-order valence-corrected chi connectivity index (χ3v) is 6.90. The number of aromatic hydroxyl groups is 2. The number of rotatable bonds is 3. The summed E-state index contributed by atoms with van der Waals surface area (Å²) in [6.45, 7) is 0. The summed E-state index contributed by atoms with van der Waals surface area (Å²) in [7, 11) is 4.78. The van der Waals surface area contributed by atoms with E-state index in [4.69, 9.17) is 0 Å². The van der Waals surface area contributed by atoms with Crippen molar-refractivity contribution in [3.8, 4) is 11.5 Å². The van der Waals surface area contributed by atoms with Gasteiger partial charge in [0.25, 0.3) is 0 Å². The number of benzene rings is 2. The van der Waals surface area contributed by atoms with E-state index in [2.05, 4.69) is 20.2 Å². The highest BCUT2D eigenvalue weighted by molar-refractivity contribution is 5.85. The van der Waals surface area contributed by atoms with Crippen molar-refractivity contribution in [1.82, 2.24) is 0 Å². The van der Waals surface area contributed by atoms with E-state index in [1.165, 1.54) is 32.1 Å². The first-order valence-electron chi connectivity index (χ1n) is 10.1. The lowest BCUT2D eigenvalue weighted by molar-refractivity contribution is -0.950. The Labute approximate surface area is 162 Å². The number of para-hydroxylation sites is 2. The van der Waals surface area contributed by atoms with Crippen LogP contribution in [0.3, 0.4) is 0 Å². The topological polar surface area (TPSA) is 40.5 Å². The minimum Gasteiger partial charge on any atom is -0.507 e. The van der Waals surface area contributed by atoms with Gasteiger partial charge in [0, 0.05) is 24.0 Å². The predicted molar refractivity (Wildman–Crippen MR) is 110 cm³/mol. The summed E-state index contributed by atoms with van der Waals surface area (Å²) >= 11 is 0. The minimum atomic E-state index is 0.263.